The minimum atomic E-state index is -4.42. The van der Waals surface area contributed by atoms with Crippen molar-refractivity contribution in [1.29, 1.82) is 0 Å². The molecule has 2 heterocycles. The van der Waals surface area contributed by atoms with Crippen molar-refractivity contribution >= 4 is 5.76 Å². The number of halogens is 3. The Bertz CT molecular complexity index is 399. The van der Waals surface area contributed by atoms with Gasteiger partial charge in [-0.25, -0.2) is 4.98 Å². The number of nitrogens with zero attached hydrogens (tertiary/aromatic N) is 1. The Hall–Kier alpha value is -1.52. The Morgan fingerprint density at radius 1 is 1.31 bits per heavy atom. The lowest BCUT2D eigenvalue weighted by molar-refractivity contribution is -0.141. The Labute approximate surface area is 91.8 Å². The van der Waals surface area contributed by atoms with Gasteiger partial charge in [-0.1, -0.05) is 26.5 Å². The van der Waals surface area contributed by atoms with Crippen molar-refractivity contribution in [2.75, 3.05) is 0 Å². The van der Waals surface area contributed by atoms with Gasteiger partial charge in [-0.3, -0.25) is 0 Å². The molecule has 5 heteroatoms. The standard InChI is InChI=1S/C9H6F3NO.C2H6/c1-5-8-6(4-14-5)2-3-7(13-8)9(10,11)12;1-2/h2-3H,1,4H2;1-2H3. The molecule has 0 aromatic carbocycles. The summed E-state index contributed by atoms with van der Waals surface area (Å²) in [7, 11) is 0. The fraction of sp³-hybridized carbons (Fsp3) is 0.364. The number of aromatic nitrogens is 1. The zero-order valence-corrected chi connectivity index (χ0v) is 9.06. The summed E-state index contributed by atoms with van der Waals surface area (Å²) in [6.45, 7) is 7.72. The highest BCUT2D eigenvalue weighted by Gasteiger charge is 2.34. The van der Waals surface area contributed by atoms with E-state index in [1.165, 1.54) is 6.07 Å². The van der Waals surface area contributed by atoms with Crippen LogP contribution < -0.4 is 0 Å². The highest BCUT2D eigenvalue weighted by atomic mass is 19.4. The largest absolute Gasteiger partial charge is 0.487 e. The first-order valence-corrected chi connectivity index (χ1v) is 4.87. The van der Waals surface area contributed by atoms with E-state index in [1.807, 2.05) is 13.8 Å². The number of fused-ring (bicyclic) bond motifs is 1. The average molecular weight is 231 g/mol. The monoisotopic (exact) mass is 231 g/mol. The maximum Gasteiger partial charge on any atom is 0.433 e. The first-order chi connectivity index (χ1) is 7.48. The van der Waals surface area contributed by atoms with Crippen molar-refractivity contribution in [3.05, 3.63) is 35.7 Å². The van der Waals surface area contributed by atoms with Crippen LogP contribution in [0, 0.1) is 0 Å². The third-order valence-electron chi connectivity index (χ3n) is 1.94. The summed E-state index contributed by atoms with van der Waals surface area (Å²) in [6, 6.07) is 2.31. The van der Waals surface area contributed by atoms with Gasteiger partial charge >= 0.3 is 6.18 Å². The van der Waals surface area contributed by atoms with Crippen LogP contribution >= 0.6 is 0 Å². The third-order valence-corrected chi connectivity index (χ3v) is 1.94. The Balaban J connectivity index is 0.000000606. The molecule has 0 N–H and O–H groups in total. The molecule has 0 atom stereocenters. The lowest BCUT2D eigenvalue weighted by Gasteiger charge is -2.06. The molecule has 88 valence electrons. The number of pyridine rings is 1. The summed E-state index contributed by atoms with van der Waals surface area (Å²) in [4.78, 5) is 3.46. The van der Waals surface area contributed by atoms with Gasteiger partial charge in [0.25, 0.3) is 0 Å². The maximum atomic E-state index is 12.3. The van der Waals surface area contributed by atoms with Crippen molar-refractivity contribution in [3.63, 3.8) is 0 Å². The van der Waals surface area contributed by atoms with Crippen LogP contribution in [0.15, 0.2) is 18.7 Å². The van der Waals surface area contributed by atoms with Gasteiger partial charge in [-0.2, -0.15) is 13.2 Å². The van der Waals surface area contributed by atoms with Crippen LogP contribution in [-0.4, -0.2) is 4.98 Å². The summed E-state index contributed by atoms with van der Waals surface area (Å²) < 4.78 is 41.7. The van der Waals surface area contributed by atoms with Crippen LogP contribution in [0.1, 0.15) is 30.8 Å². The van der Waals surface area contributed by atoms with E-state index in [0.717, 1.165) is 6.07 Å². The highest BCUT2D eigenvalue weighted by Crippen LogP contribution is 2.32. The summed E-state index contributed by atoms with van der Waals surface area (Å²) in [5.41, 5.74) is -0.0641. The van der Waals surface area contributed by atoms with Crippen LogP contribution in [0.4, 0.5) is 13.2 Å². The van der Waals surface area contributed by atoms with Gasteiger partial charge in [0, 0.05) is 5.56 Å². The molecule has 0 bridgehead atoms. The molecule has 0 radical (unpaired) electrons. The van der Waals surface area contributed by atoms with Crippen LogP contribution in [0.2, 0.25) is 0 Å². The van der Waals surface area contributed by atoms with Gasteiger partial charge in [0.05, 0.1) is 0 Å². The van der Waals surface area contributed by atoms with Crippen LogP contribution in [0.3, 0.4) is 0 Å². The zero-order valence-electron chi connectivity index (χ0n) is 9.06. The van der Waals surface area contributed by atoms with Gasteiger partial charge in [0.1, 0.15) is 23.8 Å². The fourth-order valence-corrected chi connectivity index (χ4v) is 1.24. The maximum absolute atomic E-state index is 12.3. The summed E-state index contributed by atoms with van der Waals surface area (Å²) >= 11 is 0. The predicted octanol–water partition coefficient (Wildman–Crippen LogP) is 3.63. The highest BCUT2D eigenvalue weighted by molar-refractivity contribution is 5.60. The van der Waals surface area contributed by atoms with Gasteiger partial charge in [-0.05, 0) is 6.07 Å². The van der Waals surface area contributed by atoms with Crippen LogP contribution in [0.5, 0.6) is 0 Å². The van der Waals surface area contributed by atoms with E-state index in [1.54, 1.807) is 0 Å². The van der Waals surface area contributed by atoms with Crippen molar-refractivity contribution in [2.24, 2.45) is 0 Å². The molecule has 1 aromatic heterocycles. The average Bonchev–Trinajstić information content (AvgIpc) is 2.62. The normalized spacial score (nSPS) is 13.7. The molecular weight excluding hydrogens is 219 g/mol. The molecule has 1 aromatic rings. The number of ether oxygens (including phenoxy) is 1. The molecular formula is C11H12F3NO. The number of alkyl halides is 3. The molecule has 0 saturated carbocycles. The number of hydrogen-bond donors (Lipinski definition) is 0. The van der Waals surface area contributed by atoms with Gasteiger partial charge in [0.15, 0.2) is 0 Å². The first kappa shape index (κ1) is 12.5. The topological polar surface area (TPSA) is 22.1 Å². The van der Waals surface area contributed by atoms with Gasteiger partial charge < -0.3 is 4.74 Å². The van der Waals surface area contributed by atoms with E-state index >= 15 is 0 Å². The van der Waals surface area contributed by atoms with Crippen molar-refractivity contribution in [3.8, 4) is 0 Å². The molecule has 1 aliphatic rings. The van der Waals surface area contributed by atoms with Crippen LogP contribution in [-0.2, 0) is 17.5 Å². The molecule has 16 heavy (non-hydrogen) atoms. The molecule has 0 spiro atoms. The minimum absolute atomic E-state index is 0.200. The lowest BCUT2D eigenvalue weighted by Crippen LogP contribution is -2.09. The van der Waals surface area contributed by atoms with E-state index in [0.29, 0.717) is 5.56 Å². The molecule has 2 nitrogen and oxygen atoms in total. The Morgan fingerprint density at radius 2 is 1.94 bits per heavy atom. The smallest absolute Gasteiger partial charge is 0.433 e. The minimum Gasteiger partial charge on any atom is -0.487 e. The summed E-state index contributed by atoms with van der Waals surface area (Å²) in [6.07, 6.45) is -4.42. The molecule has 1 aliphatic heterocycles. The number of hydrogen-bond acceptors (Lipinski definition) is 2. The van der Waals surface area contributed by atoms with Crippen LogP contribution in [0.25, 0.3) is 5.76 Å². The second-order valence-corrected chi connectivity index (χ2v) is 2.91. The molecule has 0 amide bonds. The Morgan fingerprint density at radius 3 is 2.50 bits per heavy atom. The van der Waals surface area contributed by atoms with E-state index < -0.39 is 11.9 Å². The van der Waals surface area contributed by atoms with E-state index in [-0.39, 0.29) is 18.1 Å². The van der Waals surface area contributed by atoms with Gasteiger partial charge in [0.2, 0.25) is 0 Å². The van der Waals surface area contributed by atoms with Gasteiger partial charge in [-0.15, -0.1) is 0 Å². The van der Waals surface area contributed by atoms with E-state index in [2.05, 4.69) is 11.6 Å². The van der Waals surface area contributed by atoms with Crippen molar-refractivity contribution in [1.82, 2.24) is 4.98 Å². The number of rotatable bonds is 0. The molecule has 2 rings (SSSR count). The lowest BCUT2D eigenvalue weighted by atomic mass is 10.2. The predicted molar refractivity (Wildman–Crippen MR) is 54.4 cm³/mol. The van der Waals surface area contributed by atoms with E-state index in [9.17, 15) is 13.2 Å². The molecule has 0 saturated heterocycles. The first-order valence-electron chi connectivity index (χ1n) is 4.87. The van der Waals surface area contributed by atoms with Crippen molar-refractivity contribution in [2.45, 2.75) is 26.6 Å². The van der Waals surface area contributed by atoms with E-state index in [4.69, 9.17) is 4.74 Å². The zero-order chi connectivity index (χ0) is 12.3. The fourth-order valence-electron chi connectivity index (χ4n) is 1.24. The van der Waals surface area contributed by atoms with Crippen molar-refractivity contribution < 1.29 is 17.9 Å². The second kappa shape index (κ2) is 4.55. The quantitative estimate of drug-likeness (QED) is 0.680. The SMILES string of the molecule is C=C1OCc2ccc(C(F)(F)F)nc21.CC. The molecule has 0 fully saturated rings. The summed E-state index contributed by atoms with van der Waals surface area (Å²) in [5, 5.41) is 0. The molecule has 0 unspecified atom stereocenters. The summed E-state index contributed by atoms with van der Waals surface area (Å²) in [5.74, 6) is 0.200. The second-order valence-electron chi connectivity index (χ2n) is 2.91. The molecule has 0 aliphatic carbocycles. The third kappa shape index (κ3) is 2.35. The Kier molecular flexibility index (Phi) is 3.57.